The predicted octanol–water partition coefficient (Wildman–Crippen LogP) is 2.36. The Bertz CT molecular complexity index is 579. The number of carbonyl (C=O) groups excluding carboxylic acids is 1. The summed E-state index contributed by atoms with van der Waals surface area (Å²) < 4.78 is 37.1. The minimum Gasteiger partial charge on any atom is -0.321 e. The number of alkyl halides is 3. The van der Waals surface area contributed by atoms with Crippen molar-refractivity contribution in [3.05, 3.63) is 47.9 Å². The van der Waals surface area contributed by atoms with Crippen molar-refractivity contribution in [2.45, 2.75) is 6.18 Å². The standard InChI is InChI=1S/C13H12F3N3O2/c1-21-19-6-2-3-9(8-19)12(20)18-10-4-5-11(17-7-10)13(14,15)16/h2-7H,8H2,1H3,(H,18,20). The van der Waals surface area contributed by atoms with Crippen LogP contribution in [0.25, 0.3) is 0 Å². The van der Waals surface area contributed by atoms with E-state index < -0.39 is 17.8 Å². The molecule has 1 aromatic rings. The van der Waals surface area contributed by atoms with Gasteiger partial charge in [0, 0.05) is 11.8 Å². The van der Waals surface area contributed by atoms with E-state index in [4.69, 9.17) is 4.84 Å². The summed E-state index contributed by atoms with van der Waals surface area (Å²) in [4.78, 5) is 20.2. The summed E-state index contributed by atoms with van der Waals surface area (Å²) in [7, 11) is 1.46. The van der Waals surface area contributed by atoms with Crippen molar-refractivity contribution in [1.29, 1.82) is 0 Å². The zero-order valence-electron chi connectivity index (χ0n) is 11.0. The Kier molecular flexibility index (Phi) is 4.27. The molecule has 1 aromatic heterocycles. The summed E-state index contributed by atoms with van der Waals surface area (Å²) in [6, 6.07) is 1.97. The summed E-state index contributed by atoms with van der Waals surface area (Å²) in [5.41, 5.74) is -0.405. The van der Waals surface area contributed by atoms with Gasteiger partial charge in [-0.3, -0.25) is 14.7 Å². The molecule has 8 heteroatoms. The lowest BCUT2D eigenvalue weighted by atomic mass is 10.2. The number of nitrogens with one attached hydrogen (secondary N) is 1. The van der Waals surface area contributed by atoms with Crippen LogP contribution in [-0.4, -0.2) is 29.6 Å². The monoisotopic (exact) mass is 299 g/mol. The van der Waals surface area contributed by atoms with Crippen LogP contribution in [0.1, 0.15) is 5.69 Å². The molecular weight excluding hydrogens is 287 g/mol. The van der Waals surface area contributed by atoms with Crippen molar-refractivity contribution < 1.29 is 22.8 Å². The van der Waals surface area contributed by atoms with Crippen LogP contribution >= 0.6 is 0 Å². The maximum absolute atomic E-state index is 12.4. The number of amides is 1. The summed E-state index contributed by atoms with van der Waals surface area (Å²) in [5, 5.41) is 3.93. The van der Waals surface area contributed by atoms with Crippen molar-refractivity contribution in [2.24, 2.45) is 0 Å². The molecule has 1 aliphatic rings. The average Bonchev–Trinajstić information content (AvgIpc) is 2.47. The third-order valence-electron chi connectivity index (χ3n) is 2.71. The molecule has 1 amide bonds. The van der Waals surface area contributed by atoms with Crippen LogP contribution in [0.5, 0.6) is 0 Å². The second kappa shape index (κ2) is 5.96. The van der Waals surface area contributed by atoms with E-state index in [0.717, 1.165) is 18.3 Å². The Hall–Kier alpha value is -2.35. The maximum atomic E-state index is 12.4. The molecule has 0 unspecified atom stereocenters. The maximum Gasteiger partial charge on any atom is 0.433 e. The van der Waals surface area contributed by atoms with E-state index in [1.54, 1.807) is 18.4 Å². The minimum absolute atomic E-state index is 0.187. The first-order valence-electron chi connectivity index (χ1n) is 5.93. The molecule has 2 rings (SSSR count). The van der Waals surface area contributed by atoms with Crippen molar-refractivity contribution in [1.82, 2.24) is 10.0 Å². The molecule has 0 spiro atoms. The topological polar surface area (TPSA) is 54.5 Å². The number of hydroxylamine groups is 2. The van der Waals surface area contributed by atoms with Gasteiger partial charge < -0.3 is 5.32 Å². The number of anilines is 1. The highest BCUT2D eigenvalue weighted by Gasteiger charge is 2.32. The third kappa shape index (κ3) is 3.82. The number of aromatic nitrogens is 1. The number of pyridine rings is 1. The SMILES string of the molecule is CON1C=CC=C(C(=O)Nc2ccc(C(F)(F)F)nc2)C1. The second-order valence-corrected chi connectivity index (χ2v) is 4.18. The van der Waals surface area contributed by atoms with Crippen LogP contribution in [0.15, 0.2) is 42.3 Å². The highest BCUT2D eigenvalue weighted by atomic mass is 19.4. The fraction of sp³-hybridized carbons (Fsp3) is 0.231. The van der Waals surface area contributed by atoms with Crippen LogP contribution in [0.3, 0.4) is 0 Å². The van der Waals surface area contributed by atoms with E-state index in [0.29, 0.717) is 5.57 Å². The minimum atomic E-state index is -4.50. The van der Waals surface area contributed by atoms with Gasteiger partial charge in [0.25, 0.3) is 5.91 Å². The molecule has 1 aliphatic heterocycles. The summed E-state index contributed by atoms with van der Waals surface area (Å²) >= 11 is 0. The largest absolute Gasteiger partial charge is 0.433 e. The predicted molar refractivity (Wildman–Crippen MR) is 68.8 cm³/mol. The Morgan fingerprint density at radius 1 is 1.43 bits per heavy atom. The number of halogens is 3. The van der Waals surface area contributed by atoms with Gasteiger partial charge in [-0.25, -0.2) is 4.98 Å². The highest BCUT2D eigenvalue weighted by Crippen LogP contribution is 2.27. The van der Waals surface area contributed by atoms with E-state index in [-0.39, 0.29) is 12.2 Å². The highest BCUT2D eigenvalue weighted by molar-refractivity contribution is 6.04. The van der Waals surface area contributed by atoms with Crippen molar-refractivity contribution >= 4 is 11.6 Å². The fourth-order valence-corrected chi connectivity index (χ4v) is 1.65. The lowest BCUT2D eigenvalue weighted by molar-refractivity contribution is -0.141. The van der Waals surface area contributed by atoms with Gasteiger partial charge in [-0.1, -0.05) is 6.08 Å². The molecule has 0 aliphatic carbocycles. The van der Waals surface area contributed by atoms with E-state index >= 15 is 0 Å². The number of nitrogens with zero attached hydrogens (tertiary/aromatic N) is 2. The van der Waals surface area contributed by atoms with Crippen LogP contribution < -0.4 is 5.32 Å². The van der Waals surface area contributed by atoms with E-state index in [1.165, 1.54) is 12.2 Å². The normalized spacial score (nSPS) is 14.9. The first-order chi connectivity index (χ1) is 9.90. The van der Waals surface area contributed by atoms with Crippen LogP contribution in [0.2, 0.25) is 0 Å². The van der Waals surface area contributed by atoms with E-state index in [2.05, 4.69) is 10.3 Å². The molecule has 21 heavy (non-hydrogen) atoms. The van der Waals surface area contributed by atoms with Crippen LogP contribution in [0, 0.1) is 0 Å². The lowest BCUT2D eigenvalue weighted by Gasteiger charge is -2.21. The van der Waals surface area contributed by atoms with Crippen LogP contribution in [0.4, 0.5) is 18.9 Å². The van der Waals surface area contributed by atoms with Crippen molar-refractivity contribution in [3.63, 3.8) is 0 Å². The first kappa shape index (κ1) is 15.0. The van der Waals surface area contributed by atoms with Gasteiger partial charge >= 0.3 is 6.18 Å². The number of carbonyl (C=O) groups is 1. The molecule has 0 bridgehead atoms. The molecule has 0 radical (unpaired) electrons. The third-order valence-corrected chi connectivity index (χ3v) is 2.71. The molecule has 112 valence electrons. The van der Waals surface area contributed by atoms with Gasteiger partial charge in [0.15, 0.2) is 0 Å². The molecule has 1 N–H and O–H groups in total. The number of hydrogen-bond donors (Lipinski definition) is 1. The Labute approximate surface area is 118 Å². The summed E-state index contributed by atoms with van der Waals surface area (Å²) in [6.07, 6.45) is 1.35. The molecule has 0 saturated carbocycles. The van der Waals surface area contributed by atoms with Crippen molar-refractivity contribution in [2.75, 3.05) is 19.0 Å². The van der Waals surface area contributed by atoms with E-state index in [9.17, 15) is 18.0 Å². The van der Waals surface area contributed by atoms with Crippen molar-refractivity contribution in [3.8, 4) is 0 Å². The molecule has 0 saturated heterocycles. The smallest absolute Gasteiger partial charge is 0.321 e. The van der Waals surface area contributed by atoms with Gasteiger partial charge in [-0.05, 0) is 18.2 Å². The average molecular weight is 299 g/mol. The Balaban J connectivity index is 2.03. The zero-order valence-corrected chi connectivity index (χ0v) is 11.0. The zero-order chi connectivity index (χ0) is 15.5. The number of hydrogen-bond acceptors (Lipinski definition) is 4. The molecule has 2 heterocycles. The first-order valence-corrected chi connectivity index (χ1v) is 5.93. The Morgan fingerprint density at radius 2 is 2.19 bits per heavy atom. The molecule has 5 nitrogen and oxygen atoms in total. The van der Waals surface area contributed by atoms with Gasteiger partial charge in [-0.15, -0.1) is 0 Å². The van der Waals surface area contributed by atoms with Gasteiger partial charge in [0.1, 0.15) is 5.69 Å². The summed E-state index contributed by atoms with van der Waals surface area (Å²) in [6.45, 7) is 0.243. The molecular formula is C13H12F3N3O2. The Morgan fingerprint density at radius 3 is 2.76 bits per heavy atom. The number of allylic oxidation sites excluding steroid dienone is 2. The summed E-state index contributed by atoms with van der Waals surface area (Å²) in [5.74, 6) is -0.428. The van der Waals surface area contributed by atoms with Gasteiger partial charge in [-0.2, -0.15) is 13.2 Å². The molecule has 0 aromatic carbocycles. The van der Waals surface area contributed by atoms with Crippen LogP contribution in [-0.2, 0) is 15.8 Å². The molecule has 0 atom stereocenters. The lowest BCUT2D eigenvalue weighted by Crippen LogP contribution is -2.27. The van der Waals surface area contributed by atoms with E-state index in [1.807, 2.05) is 0 Å². The molecule has 0 fully saturated rings. The quantitative estimate of drug-likeness (QED) is 0.931. The number of rotatable bonds is 3. The van der Waals surface area contributed by atoms with Gasteiger partial charge in [0.05, 0.1) is 25.5 Å². The van der Waals surface area contributed by atoms with Gasteiger partial charge in [0.2, 0.25) is 0 Å². The fourth-order valence-electron chi connectivity index (χ4n) is 1.65. The second-order valence-electron chi connectivity index (χ2n) is 4.18.